The summed E-state index contributed by atoms with van der Waals surface area (Å²) < 4.78 is 10.2. The molecule has 2 rings (SSSR count). The Balaban J connectivity index is 2.45. The van der Waals surface area contributed by atoms with E-state index in [0.29, 0.717) is 11.6 Å². The summed E-state index contributed by atoms with van der Waals surface area (Å²) in [5.74, 6) is 0.786. The zero-order valence-corrected chi connectivity index (χ0v) is 9.91. The molecule has 0 fully saturated rings. The van der Waals surface area contributed by atoms with E-state index in [0.717, 1.165) is 22.6 Å². The van der Waals surface area contributed by atoms with Crippen molar-refractivity contribution in [1.82, 2.24) is 5.16 Å². The number of hydrogen-bond donors (Lipinski definition) is 0. The van der Waals surface area contributed by atoms with Gasteiger partial charge in [0.1, 0.15) is 11.5 Å². The van der Waals surface area contributed by atoms with Crippen LogP contribution in [0.4, 0.5) is 0 Å². The fourth-order valence-corrected chi connectivity index (χ4v) is 1.77. The molecule has 0 saturated heterocycles. The SMILES string of the molecule is COCc1noc(C)c1-c1ccc(Cl)cc1. The minimum Gasteiger partial charge on any atom is -0.378 e. The number of nitrogens with zero attached hydrogens (tertiary/aromatic N) is 1. The first-order chi connectivity index (χ1) is 7.72. The molecule has 0 aliphatic rings. The normalized spacial score (nSPS) is 10.7. The topological polar surface area (TPSA) is 35.3 Å². The fraction of sp³-hybridized carbons (Fsp3) is 0.250. The van der Waals surface area contributed by atoms with Gasteiger partial charge in [-0.2, -0.15) is 0 Å². The first kappa shape index (κ1) is 11.2. The Morgan fingerprint density at radius 2 is 2.00 bits per heavy atom. The number of ether oxygens (including phenoxy) is 1. The Labute approximate surface area is 99.0 Å². The zero-order valence-electron chi connectivity index (χ0n) is 9.16. The molecule has 4 heteroatoms. The second-order valence-electron chi connectivity index (χ2n) is 3.50. The van der Waals surface area contributed by atoms with Crippen LogP contribution < -0.4 is 0 Å². The summed E-state index contributed by atoms with van der Waals surface area (Å²) in [6.07, 6.45) is 0. The van der Waals surface area contributed by atoms with Crippen LogP contribution in [-0.2, 0) is 11.3 Å². The summed E-state index contributed by atoms with van der Waals surface area (Å²) in [5, 5.41) is 4.69. The van der Waals surface area contributed by atoms with Crippen LogP contribution in [0.15, 0.2) is 28.8 Å². The lowest BCUT2D eigenvalue weighted by atomic mass is 10.0. The largest absolute Gasteiger partial charge is 0.378 e. The summed E-state index contributed by atoms with van der Waals surface area (Å²) in [5.41, 5.74) is 2.83. The Kier molecular flexibility index (Phi) is 3.27. The first-order valence-corrected chi connectivity index (χ1v) is 5.30. The maximum absolute atomic E-state index is 5.85. The predicted molar refractivity (Wildman–Crippen MR) is 62.4 cm³/mol. The van der Waals surface area contributed by atoms with Crippen molar-refractivity contribution in [3.63, 3.8) is 0 Å². The molecule has 0 N–H and O–H groups in total. The molecule has 0 unspecified atom stereocenters. The number of halogens is 1. The Bertz CT molecular complexity index is 476. The Morgan fingerprint density at radius 3 is 2.62 bits per heavy atom. The van der Waals surface area contributed by atoms with Crippen molar-refractivity contribution >= 4 is 11.6 Å². The van der Waals surface area contributed by atoms with E-state index < -0.39 is 0 Å². The van der Waals surface area contributed by atoms with Crippen molar-refractivity contribution in [2.75, 3.05) is 7.11 Å². The quantitative estimate of drug-likeness (QED) is 0.820. The van der Waals surface area contributed by atoms with Crippen LogP contribution in [0.25, 0.3) is 11.1 Å². The molecular weight excluding hydrogens is 226 g/mol. The van der Waals surface area contributed by atoms with Gasteiger partial charge in [-0.1, -0.05) is 28.9 Å². The van der Waals surface area contributed by atoms with Crippen molar-refractivity contribution in [3.05, 3.63) is 40.7 Å². The molecule has 0 saturated carbocycles. The van der Waals surface area contributed by atoms with Gasteiger partial charge >= 0.3 is 0 Å². The highest BCUT2D eigenvalue weighted by Gasteiger charge is 2.14. The number of methoxy groups -OCH3 is 1. The van der Waals surface area contributed by atoms with Crippen LogP contribution in [-0.4, -0.2) is 12.3 Å². The number of benzene rings is 1. The van der Waals surface area contributed by atoms with E-state index in [1.807, 2.05) is 31.2 Å². The summed E-state index contributed by atoms with van der Waals surface area (Å²) >= 11 is 5.85. The molecule has 1 aromatic carbocycles. The zero-order chi connectivity index (χ0) is 11.5. The van der Waals surface area contributed by atoms with Crippen molar-refractivity contribution in [1.29, 1.82) is 0 Å². The monoisotopic (exact) mass is 237 g/mol. The van der Waals surface area contributed by atoms with Crippen molar-refractivity contribution in [2.45, 2.75) is 13.5 Å². The van der Waals surface area contributed by atoms with Gasteiger partial charge < -0.3 is 9.26 Å². The molecule has 0 atom stereocenters. The van der Waals surface area contributed by atoms with Gasteiger partial charge in [-0.25, -0.2) is 0 Å². The third kappa shape index (κ3) is 2.10. The highest BCUT2D eigenvalue weighted by atomic mass is 35.5. The summed E-state index contributed by atoms with van der Waals surface area (Å²) in [6, 6.07) is 7.59. The number of aromatic nitrogens is 1. The summed E-state index contributed by atoms with van der Waals surface area (Å²) in [4.78, 5) is 0. The molecule has 16 heavy (non-hydrogen) atoms. The van der Waals surface area contributed by atoms with Gasteiger partial charge in [-0.15, -0.1) is 0 Å². The van der Waals surface area contributed by atoms with Crippen LogP contribution in [0.1, 0.15) is 11.5 Å². The van der Waals surface area contributed by atoms with Gasteiger partial charge in [0.2, 0.25) is 0 Å². The van der Waals surface area contributed by atoms with Crippen LogP contribution in [0, 0.1) is 6.92 Å². The van der Waals surface area contributed by atoms with E-state index in [4.69, 9.17) is 20.9 Å². The molecule has 0 aliphatic carbocycles. The third-order valence-electron chi connectivity index (χ3n) is 2.35. The second-order valence-corrected chi connectivity index (χ2v) is 3.94. The first-order valence-electron chi connectivity index (χ1n) is 4.92. The lowest BCUT2D eigenvalue weighted by Gasteiger charge is -2.02. The number of hydrogen-bond acceptors (Lipinski definition) is 3. The molecule has 1 aromatic heterocycles. The molecule has 84 valence electrons. The van der Waals surface area contributed by atoms with E-state index in [-0.39, 0.29) is 0 Å². The van der Waals surface area contributed by atoms with Gasteiger partial charge in [0.15, 0.2) is 0 Å². The van der Waals surface area contributed by atoms with Crippen molar-refractivity contribution in [3.8, 4) is 11.1 Å². The van der Waals surface area contributed by atoms with E-state index in [9.17, 15) is 0 Å². The maximum Gasteiger partial charge on any atom is 0.141 e. The molecule has 0 bridgehead atoms. The highest BCUT2D eigenvalue weighted by molar-refractivity contribution is 6.30. The van der Waals surface area contributed by atoms with Crippen molar-refractivity contribution in [2.24, 2.45) is 0 Å². The predicted octanol–water partition coefficient (Wildman–Crippen LogP) is 3.45. The standard InChI is InChI=1S/C12H12ClNO2/c1-8-12(11(7-15-2)14-16-8)9-3-5-10(13)6-4-9/h3-6H,7H2,1-2H3. The van der Waals surface area contributed by atoms with Gasteiger partial charge in [-0.05, 0) is 24.6 Å². The highest BCUT2D eigenvalue weighted by Crippen LogP contribution is 2.28. The summed E-state index contributed by atoms with van der Waals surface area (Å²) in [6.45, 7) is 2.32. The van der Waals surface area contributed by atoms with Gasteiger partial charge in [0, 0.05) is 17.7 Å². The molecule has 2 aromatic rings. The fourth-order valence-electron chi connectivity index (χ4n) is 1.64. The van der Waals surface area contributed by atoms with Crippen LogP contribution in [0.2, 0.25) is 5.02 Å². The summed E-state index contributed by atoms with van der Waals surface area (Å²) in [7, 11) is 1.63. The Morgan fingerprint density at radius 1 is 1.31 bits per heavy atom. The number of rotatable bonds is 3. The molecule has 0 radical (unpaired) electrons. The average molecular weight is 238 g/mol. The molecule has 0 spiro atoms. The van der Waals surface area contributed by atoms with Gasteiger partial charge in [0.05, 0.1) is 6.61 Å². The van der Waals surface area contributed by atoms with Gasteiger partial charge in [0.25, 0.3) is 0 Å². The van der Waals surface area contributed by atoms with Crippen LogP contribution in [0.5, 0.6) is 0 Å². The Hall–Kier alpha value is -1.32. The lowest BCUT2D eigenvalue weighted by molar-refractivity contribution is 0.177. The average Bonchev–Trinajstić information content (AvgIpc) is 2.62. The second kappa shape index (κ2) is 4.68. The third-order valence-corrected chi connectivity index (χ3v) is 2.60. The minimum absolute atomic E-state index is 0.440. The molecule has 3 nitrogen and oxygen atoms in total. The van der Waals surface area contributed by atoms with E-state index in [2.05, 4.69) is 5.16 Å². The molecule has 1 heterocycles. The van der Waals surface area contributed by atoms with E-state index in [1.165, 1.54) is 0 Å². The van der Waals surface area contributed by atoms with E-state index >= 15 is 0 Å². The maximum atomic E-state index is 5.85. The van der Waals surface area contributed by atoms with E-state index in [1.54, 1.807) is 7.11 Å². The molecule has 0 aliphatic heterocycles. The smallest absolute Gasteiger partial charge is 0.141 e. The minimum atomic E-state index is 0.440. The lowest BCUT2D eigenvalue weighted by Crippen LogP contribution is -1.91. The molecular formula is C12H12ClNO2. The van der Waals surface area contributed by atoms with Crippen molar-refractivity contribution < 1.29 is 9.26 Å². The molecule has 0 amide bonds. The van der Waals surface area contributed by atoms with Crippen LogP contribution >= 0.6 is 11.6 Å². The van der Waals surface area contributed by atoms with Gasteiger partial charge in [-0.3, -0.25) is 0 Å². The number of aryl methyl sites for hydroxylation is 1. The van der Waals surface area contributed by atoms with Crippen LogP contribution in [0.3, 0.4) is 0 Å².